The van der Waals surface area contributed by atoms with Gasteiger partial charge in [0, 0.05) is 11.1 Å². The van der Waals surface area contributed by atoms with Crippen LogP contribution in [-0.4, -0.2) is 26.3 Å². The molecule has 0 aliphatic rings. The van der Waals surface area contributed by atoms with Crippen LogP contribution < -0.4 is 20.1 Å². The fraction of sp³-hybridized carbons (Fsp3) is 0.188. The van der Waals surface area contributed by atoms with E-state index in [1.807, 2.05) is 18.2 Å². The van der Waals surface area contributed by atoms with E-state index in [2.05, 4.69) is 10.6 Å². The molecular formula is C16H16Cl2N2O3. The number of benzene rings is 2. The van der Waals surface area contributed by atoms with Crippen molar-refractivity contribution in [1.29, 1.82) is 0 Å². The van der Waals surface area contributed by atoms with Crippen LogP contribution in [0.2, 0.25) is 10.0 Å². The average Bonchev–Trinajstić information content (AvgIpc) is 2.54. The Labute approximate surface area is 144 Å². The molecule has 0 bridgehead atoms. The molecule has 0 aliphatic heterocycles. The number of nitrogens with one attached hydrogen (secondary N) is 2. The van der Waals surface area contributed by atoms with Crippen LogP contribution in [0.5, 0.6) is 11.5 Å². The molecule has 0 radical (unpaired) electrons. The Morgan fingerprint density at radius 3 is 2.65 bits per heavy atom. The number of rotatable bonds is 6. The van der Waals surface area contributed by atoms with Gasteiger partial charge in [0.05, 0.1) is 24.4 Å². The summed E-state index contributed by atoms with van der Waals surface area (Å²) in [6.45, 7) is 0.670. The molecule has 0 aromatic heterocycles. The van der Waals surface area contributed by atoms with E-state index in [1.165, 1.54) is 0 Å². The van der Waals surface area contributed by atoms with Gasteiger partial charge in [-0.2, -0.15) is 0 Å². The van der Waals surface area contributed by atoms with E-state index in [9.17, 15) is 4.79 Å². The SMILES string of the molecule is COc1cccc(OCCNC(=O)Nc2ccc(Cl)cc2Cl)c1. The Balaban J connectivity index is 1.74. The average molecular weight is 355 g/mol. The van der Waals surface area contributed by atoms with E-state index < -0.39 is 0 Å². The summed E-state index contributed by atoms with van der Waals surface area (Å²) >= 11 is 11.8. The molecule has 0 saturated carbocycles. The highest BCUT2D eigenvalue weighted by Crippen LogP contribution is 2.25. The van der Waals surface area contributed by atoms with Crippen molar-refractivity contribution in [3.8, 4) is 11.5 Å². The number of methoxy groups -OCH3 is 1. The highest BCUT2D eigenvalue weighted by Gasteiger charge is 2.05. The van der Waals surface area contributed by atoms with E-state index in [0.717, 1.165) is 0 Å². The van der Waals surface area contributed by atoms with E-state index in [0.29, 0.717) is 40.4 Å². The minimum atomic E-state index is -0.372. The van der Waals surface area contributed by atoms with Gasteiger partial charge in [0.1, 0.15) is 18.1 Å². The first-order chi connectivity index (χ1) is 11.1. The first-order valence-electron chi connectivity index (χ1n) is 6.85. The van der Waals surface area contributed by atoms with Gasteiger partial charge in [0.2, 0.25) is 0 Å². The van der Waals surface area contributed by atoms with Crippen LogP contribution in [0.3, 0.4) is 0 Å². The van der Waals surface area contributed by atoms with E-state index >= 15 is 0 Å². The zero-order chi connectivity index (χ0) is 16.7. The Morgan fingerprint density at radius 1 is 1.13 bits per heavy atom. The molecule has 2 aromatic carbocycles. The number of anilines is 1. The quantitative estimate of drug-likeness (QED) is 0.764. The monoisotopic (exact) mass is 354 g/mol. The van der Waals surface area contributed by atoms with Gasteiger partial charge >= 0.3 is 6.03 Å². The maximum absolute atomic E-state index is 11.8. The number of amides is 2. The lowest BCUT2D eigenvalue weighted by Crippen LogP contribution is -2.32. The van der Waals surface area contributed by atoms with E-state index in [4.69, 9.17) is 32.7 Å². The fourth-order valence-electron chi connectivity index (χ4n) is 1.78. The van der Waals surface area contributed by atoms with Gasteiger partial charge in [0.25, 0.3) is 0 Å². The molecule has 23 heavy (non-hydrogen) atoms. The molecule has 5 nitrogen and oxygen atoms in total. The summed E-state index contributed by atoms with van der Waals surface area (Å²) in [5, 5.41) is 6.19. The second-order valence-corrected chi connectivity index (χ2v) is 5.38. The topological polar surface area (TPSA) is 59.6 Å². The van der Waals surface area contributed by atoms with Crippen molar-refractivity contribution in [3.05, 3.63) is 52.5 Å². The molecule has 0 atom stereocenters. The van der Waals surface area contributed by atoms with Crippen molar-refractivity contribution in [2.24, 2.45) is 0 Å². The van der Waals surface area contributed by atoms with E-state index in [1.54, 1.807) is 31.4 Å². The summed E-state index contributed by atoms with van der Waals surface area (Å²) in [6, 6.07) is 11.7. The van der Waals surface area contributed by atoms with Crippen molar-refractivity contribution >= 4 is 34.9 Å². The number of hydrogen-bond acceptors (Lipinski definition) is 3. The molecule has 0 saturated heterocycles. The molecule has 0 heterocycles. The van der Waals surface area contributed by atoms with Crippen molar-refractivity contribution in [2.45, 2.75) is 0 Å². The first kappa shape index (κ1) is 17.2. The van der Waals surface area contributed by atoms with Gasteiger partial charge in [-0.05, 0) is 30.3 Å². The van der Waals surface area contributed by atoms with Crippen LogP contribution in [0.15, 0.2) is 42.5 Å². The third kappa shape index (κ3) is 5.54. The number of carbonyl (C=O) groups is 1. The number of carbonyl (C=O) groups excluding carboxylic acids is 1. The summed E-state index contributed by atoms with van der Waals surface area (Å²) < 4.78 is 10.6. The van der Waals surface area contributed by atoms with Crippen LogP contribution >= 0.6 is 23.2 Å². The minimum absolute atomic E-state index is 0.328. The Bertz CT molecular complexity index is 680. The molecule has 7 heteroatoms. The molecular weight excluding hydrogens is 339 g/mol. The van der Waals surface area contributed by atoms with Gasteiger partial charge < -0.3 is 20.1 Å². The molecule has 2 amide bonds. The van der Waals surface area contributed by atoms with Crippen LogP contribution in [0.25, 0.3) is 0 Å². The predicted molar refractivity (Wildman–Crippen MR) is 92.0 cm³/mol. The summed E-state index contributed by atoms with van der Waals surface area (Å²) in [5.41, 5.74) is 0.488. The number of halogens is 2. The Hall–Kier alpha value is -2.11. The van der Waals surface area contributed by atoms with Gasteiger partial charge in [-0.25, -0.2) is 4.79 Å². The highest BCUT2D eigenvalue weighted by atomic mass is 35.5. The number of urea groups is 1. The zero-order valence-corrected chi connectivity index (χ0v) is 13.9. The van der Waals surface area contributed by atoms with Gasteiger partial charge in [0.15, 0.2) is 0 Å². The van der Waals surface area contributed by atoms with Gasteiger partial charge in [-0.3, -0.25) is 0 Å². The van der Waals surface area contributed by atoms with Crippen molar-refractivity contribution < 1.29 is 14.3 Å². The molecule has 0 spiro atoms. The van der Waals surface area contributed by atoms with Gasteiger partial charge in [-0.15, -0.1) is 0 Å². The molecule has 0 unspecified atom stereocenters. The van der Waals surface area contributed by atoms with Crippen LogP contribution in [0.1, 0.15) is 0 Å². The number of hydrogen-bond donors (Lipinski definition) is 2. The predicted octanol–water partition coefficient (Wildman–Crippen LogP) is 4.20. The fourth-order valence-corrected chi connectivity index (χ4v) is 2.24. The van der Waals surface area contributed by atoms with Crippen molar-refractivity contribution in [2.75, 3.05) is 25.6 Å². The third-order valence-corrected chi connectivity index (χ3v) is 3.42. The lowest BCUT2D eigenvalue weighted by molar-refractivity contribution is 0.247. The Kier molecular flexibility index (Phi) is 6.38. The minimum Gasteiger partial charge on any atom is -0.497 e. The molecule has 2 aromatic rings. The molecule has 0 aliphatic carbocycles. The Morgan fingerprint density at radius 2 is 1.91 bits per heavy atom. The normalized spacial score (nSPS) is 10.0. The third-order valence-electron chi connectivity index (χ3n) is 2.88. The highest BCUT2D eigenvalue weighted by molar-refractivity contribution is 6.36. The second kappa shape index (κ2) is 8.50. The lowest BCUT2D eigenvalue weighted by atomic mass is 10.3. The molecule has 2 N–H and O–H groups in total. The van der Waals surface area contributed by atoms with Crippen molar-refractivity contribution in [1.82, 2.24) is 5.32 Å². The zero-order valence-electron chi connectivity index (χ0n) is 12.4. The standard InChI is InChI=1S/C16H16Cl2N2O3/c1-22-12-3-2-4-13(10-12)23-8-7-19-16(21)20-15-6-5-11(17)9-14(15)18/h2-6,9-10H,7-8H2,1H3,(H2,19,20,21). The van der Waals surface area contributed by atoms with Crippen LogP contribution in [-0.2, 0) is 0 Å². The largest absolute Gasteiger partial charge is 0.497 e. The summed E-state index contributed by atoms with van der Waals surface area (Å²) in [5.74, 6) is 1.39. The number of ether oxygens (including phenoxy) is 2. The van der Waals surface area contributed by atoms with Crippen LogP contribution in [0, 0.1) is 0 Å². The first-order valence-corrected chi connectivity index (χ1v) is 7.61. The molecule has 2 rings (SSSR count). The molecule has 122 valence electrons. The van der Waals surface area contributed by atoms with Gasteiger partial charge in [-0.1, -0.05) is 29.3 Å². The van der Waals surface area contributed by atoms with Crippen LogP contribution in [0.4, 0.5) is 10.5 Å². The lowest BCUT2D eigenvalue weighted by Gasteiger charge is -2.10. The smallest absolute Gasteiger partial charge is 0.319 e. The van der Waals surface area contributed by atoms with Crippen molar-refractivity contribution in [3.63, 3.8) is 0 Å². The maximum Gasteiger partial charge on any atom is 0.319 e. The summed E-state index contributed by atoms with van der Waals surface area (Å²) in [4.78, 5) is 11.8. The summed E-state index contributed by atoms with van der Waals surface area (Å²) in [6.07, 6.45) is 0. The van der Waals surface area contributed by atoms with E-state index in [-0.39, 0.29) is 6.03 Å². The molecule has 0 fully saturated rings. The second-order valence-electron chi connectivity index (χ2n) is 4.53. The maximum atomic E-state index is 11.8. The summed E-state index contributed by atoms with van der Waals surface area (Å²) in [7, 11) is 1.59.